The van der Waals surface area contributed by atoms with Crippen molar-refractivity contribution in [2.24, 2.45) is 5.92 Å². The van der Waals surface area contributed by atoms with E-state index < -0.39 is 11.5 Å². The summed E-state index contributed by atoms with van der Waals surface area (Å²) in [6.45, 7) is 3.81. The van der Waals surface area contributed by atoms with E-state index in [9.17, 15) is 14.7 Å². The lowest BCUT2D eigenvalue weighted by Crippen LogP contribution is -2.57. The van der Waals surface area contributed by atoms with Crippen LogP contribution in [0.3, 0.4) is 0 Å². The lowest BCUT2D eigenvalue weighted by molar-refractivity contribution is -0.161. The summed E-state index contributed by atoms with van der Waals surface area (Å²) in [5.74, 6) is -0.994. The fraction of sp³-hybridized carbons (Fsp3) is 0.846. The van der Waals surface area contributed by atoms with Crippen LogP contribution in [0.2, 0.25) is 0 Å². The van der Waals surface area contributed by atoms with Crippen LogP contribution >= 0.6 is 0 Å². The van der Waals surface area contributed by atoms with Gasteiger partial charge in [-0.1, -0.05) is 33.1 Å². The average Bonchev–Trinajstić information content (AvgIpc) is 2.36. The standard InChI is InChI=1S/C13H23NO3/c1-4-10(2)11(15)14(3)13(12(16)17)8-6-5-7-9-13/h10H,4-9H2,1-3H3,(H,16,17). The van der Waals surface area contributed by atoms with Crippen molar-refractivity contribution in [3.05, 3.63) is 0 Å². The SMILES string of the molecule is CCC(C)C(=O)N(C)C1(C(=O)O)CCCCC1. The van der Waals surface area contributed by atoms with Crippen molar-refractivity contribution in [2.75, 3.05) is 7.05 Å². The highest BCUT2D eigenvalue weighted by Gasteiger charge is 2.45. The molecule has 0 saturated heterocycles. The topological polar surface area (TPSA) is 57.6 Å². The second-order valence-electron chi connectivity index (χ2n) is 5.10. The van der Waals surface area contributed by atoms with Crippen LogP contribution in [0.15, 0.2) is 0 Å². The Hall–Kier alpha value is -1.06. The van der Waals surface area contributed by atoms with Gasteiger partial charge in [-0.2, -0.15) is 0 Å². The minimum atomic E-state index is -0.960. The summed E-state index contributed by atoms with van der Waals surface area (Å²) in [6.07, 6.45) is 4.77. The van der Waals surface area contributed by atoms with Crippen molar-refractivity contribution in [2.45, 2.75) is 57.9 Å². The van der Waals surface area contributed by atoms with Crippen molar-refractivity contribution < 1.29 is 14.7 Å². The van der Waals surface area contributed by atoms with Crippen molar-refractivity contribution in [3.63, 3.8) is 0 Å². The van der Waals surface area contributed by atoms with Gasteiger partial charge in [0, 0.05) is 13.0 Å². The van der Waals surface area contributed by atoms with Crippen LogP contribution in [0.1, 0.15) is 52.4 Å². The summed E-state index contributed by atoms with van der Waals surface area (Å²) in [4.78, 5) is 25.2. The minimum absolute atomic E-state index is 0.0446. The molecule has 1 saturated carbocycles. The predicted molar refractivity (Wildman–Crippen MR) is 65.7 cm³/mol. The molecule has 1 amide bonds. The van der Waals surface area contributed by atoms with E-state index in [1.165, 1.54) is 4.90 Å². The molecule has 1 fully saturated rings. The molecule has 0 aromatic carbocycles. The monoisotopic (exact) mass is 241 g/mol. The number of carboxylic acid groups (broad SMARTS) is 1. The van der Waals surface area contributed by atoms with E-state index in [-0.39, 0.29) is 11.8 Å². The highest BCUT2D eigenvalue weighted by molar-refractivity contribution is 5.87. The molecule has 0 spiro atoms. The van der Waals surface area contributed by atoms with E-state index in [4.69, 9.17) is 0 Å². The summed E-state index contributed by atoms with van der Waals surface area (Å²) in [7, 11) is 1.65. The quantitative estimate of drug-likeness (QED) is 0.821. The Morgan fingerprint density at radius 1 is 1.29 bits per heavy atom. The van der Waals surface area contributed by atoms with Gasteiger partial charge >= 0.3 is 5.97 Å². The second-order valence-corrected chi connectivity index (χ2v) is 5.10. The fourth-order valence-electron chi connectivity index (χ4n) is 2.55. The van der Waals surface area contributed by atoms with Gasteiger partial charge < -0.3 is 10.0 Å². The van der Waals surface area contributed by atoms with Crippen LogP contribution in [0.4, 0.5) is 0 Å². The van der Waals surface area contributed by atoms with Gasteiger partial charge in [0.05, 0.1) is 0 Å². The van der Waals surface area contributed by atoms with Crippen LogP contribution in [-0.2, 0) is 9.59 Å². The van der Waals surface area contributed by atoms with Crippen molar-refractivity contribution in [3.8, 4) is 0 Å². The number of hydrogen-bond acceptors (Lipinski definition) is 2. The molecule has 17 heavy (non-hydrogen) atoms. The summed E-state index contributed by atoms with van der Waals surface area (Å²) in [6, 6.07) is 0. The van der Waals surface area contributed by atoms with Gasteiger partial charge in [-0.25, -0.2) is 4.79 Å². The van der Waals surface area contributed by atoms with E-state index in [2.05, 4.69) is 0 Å². The van der Waals surface area contributed by atoms with Gasteiger partial charge in [-0.15, -0.1) is 0 Å². The van der Waals surface area contributed by atoms with Gasteiger partial charge in [0.25, 0.3) is 0 Å². The number of aliphatic carboxylic acids is 1. The number of carboxylic acids is 1. The largest absolute Gasteiger partial charge is 0.479 e. The molecule has 0 aliphatic heterocycles. The molecule has 1 rings (SSSR count). The normalized spacial score (nSPS) is 20.6. The Labute approximate surface area is 103 Å². The molecule has 0 bridgehead atoms. The molecule has 1 aliphatic rings. The zero-order valence-electron chi connectivity index (χ0n) is 11.0. The number of nitrogens with zero attached hydrogens (tertiary/aromatic N) is 1. The number of amides is 1. The molecular weight excluding hydrogens is 218 g/mol. The van der Waals surface area contributed by atoms with Crippen LogP contribution in [0, 0.1) is 5.92 Å². The molecule has 0 radical (unpaired) electrons. The highest BCUT2D eigenvalue weighted by atomic mass is 16.4. The third-order valence-electron chi connectivity index (χ3n) is 4.09. The van der Waals surface area contributed by atoms with Crippen LogP contribution in [0.25, 0.3) is 0 Å². The van der Waals surface area contributed by atoms with Gasteiger partial charge in [0.1, 0.15) is 5.54 Å². The van der Waals surface area contributed by atoms with E-state index in [1.807, 2.05) is 13.8 Å². The van der Waals surface area contributed by atoms with E-state index >= 15 is 0 Å². The van der Waals surface area contributed by atoms with Crippen molar-refractivity contribution in [1.29, 1.82) is 0 Å². The molecule has 4 nitrogen and oxygen atoms in total. The number of hydrogen-bond donors (Lipinski definition) is 1. The van der Waals surface area contributed by atoms with Gasteiger partial charge in [0.15, 0.2) is 0 Å². The maximum atomic E-state index is 12.1. The number of likely N-dealkylation sites (N-methyl/N-ethyl adjacent to an activating group) is 1. The van der Waals surface area contributed by atoms with Gasteiger partial charge in [0.2, 0.25) is 5.91 Å². The number of carbonyl (C=O) groups excluding carboxylic acids is 1. The van der Waals surface area contributed by atoms with E-state index in [1.54, 1.807) is 7.05 Å². The maximum absolute atomic E-state index is 12.1. The molecule has 0 aromatic rings. The fourth-order valence-corrected chi connectivity index (χ4v) is 2.55. The summed E-state index contributed by atoms with van der Waals surface area (Å²) < 4.78 is 0. The highest BCUT2D eigenvalue weighted by Crippen LogP contribution is 2.34. The molecule has 1 atom stereocenters. The lowest BCUT2D eigenvalue weighted by Gasteiger charge is -2.42. The van der Waals surface area contributed by atoms with E-state index in [0.29, 0.717) is 12.8 Å². The number of rotatable bonds is 4. The first-order valence-electron chi connectivity index (χ1n) is 6.46. The molecule has 98 valence electrons. The zero-order chi connectivity index (χ0) is 13.1. The molecule has 1 N–H and O–H groups in total. The molecule has 0 heterocycles. The Kier molecular flexibility index (Phi) is 4.54. The van der Waals surface area contributed by atoms with E-state index in [0.717, 1.165) is 25.7 Å². The third kappa shape index (κ3) is 2.61. The molecule has 1 unspecified atom stereocenters. The minimum Gasteiger partial charge on any atom is -0.479 e. The predicted octanol–water partition coefficient (Wildman–Crippen LogP) is 2.28. The number of carbonyl (C=O) groups is 2. The zero-order valence-corrected chi connectivity index (χ0v) is 11.0. The van der Waals surface area contributed by atoms with Crippen molar-refractivity contribution in [1.82, 2.24) is 4.90 Å². The van der Waals surface area contributed by atoms with Gasteiger partial charge in [-0.3, -0.25) is 4.79 Å². The molecular formula is C13H23NO3. The Bertz CT molecular complexity index is 295. The third-order valence-corrected chi connectivity index (χ3v) is 4.09. The van der Waals surface area contributed by atoms with Crippen LogP contribution < -0.4 is 0 Å². The van der Waals surface area contributed by atoms with Crippen LogP contribution in [-0.4, -0.2) is 34.5 Å². The first-order valence-corrected chi connectivity index (χ1v) is 6.46. The Morgan fingerprint density at radius 3 is 2.24 bits per heavy atom. The summed E-state index contributed by atoms with van der Waals surface area (Å²) in [5, 5.41) is 9.47. The Balaban J connectivity index is 2.90. The summed E-state index contributed by atoms with van der Waals surface area (Å²) >= 11 is 0. The van der Waals surface area contributed by atoms with Crippen molar-refractivity contribution >= 4 is 11.9 Å². The Morgan fingerprint density at radius 2 is 1.82 bits per heavy atom. The molecule has 0 aromatic heterocycles. The maximum Gasteiger partial charge on any atom is 0.329 e. The second kappa shape index (κ2) is 5.52. The average molecular weight is 241 g/mol. The van der Waals surface area contributed by atoms with Gasteiger partial charge in [-0.05, 0) is 19.3 Å². The first-order chi connectivity index (χ1) is 7.95. The smallest absolute Gasteiger partial charge is 0.329 e. The molecule has 1 aliphatic carbocycles. The van der Waals surface area contributed by atoms with Crippen LogP contribution in [0.5, 0.6) is 0 Å². The lowest BCUT2D eigenvalue weighted by atomic mass is 9.80. The molecule has 4 heteroatoms. The summed E-state index contributed by atoms with van der Waals surface area (Å²) in [5.41, 5.74) is -0.960. The first kappa shape index (κ1) is 14.0.